The number of nitriles is 1. The predicted octanol–water partition coefficient (Wildman–Crippen LogP) is 3.75. The Hall–Kier alpha value is -2.45. The van der Waals surface area contributed by atoms with E-state index in [0.29, 0.717) is 24.9 Å². The Morgan fingerprint density at radius 3 is 2.76 bits per heavy atom. The van der Waals surface area contributed by atoms with Crippen LogP contribution in [0.2, 0.25) is 0 Å². The molecule has 130 valence electrons. The minimum absolute atomic E-state index is 0.205. The summed E-state index contributed by atoms with van der Waals surface area (Å²) in [5.41, 5.74) is 4.56. The van der Waals surface area contributed by atoms with Crippen LogP contribution in [0.1, 0.15) is 41.3 Å². The van der Waals surface area contributed by atoms with Crippen LogP contribution in [0.25, 0.3) is 0 Å². The highest BCUT2D eigenvalue weighted by Gasteiger charge is 2.25. The summed E-state index contributed by atoms with van der Waals surface area (Å²) in [7, 11) is 0. The highest BCUT2D eigenvalue weighted by atomic mass is 19.1. The van der Waals surface area contributed by atoms with Gasteiger partial charge in [-0.3, -0.25) is 4.68 Å². The number of hydrogen-bond acceptors (Lipinski definition) is 3. The number of rotatable bonds is 6. The van der Waals surface area contributed by atoms with Crippen LogP contribution in [0.5, 0.6) is 0 Å². The average Bonchev–Trinajstić information content (AvgIpc) is 3.16. The number of hydrogen-bond donors (Lipinski definition) is 1. The third-order valence-corrected chi connectivity index (χ3v) is 4.81. The number of aromatic nitrogens is 2. The van der Waals surface area contributed by atoms with E-state index in [2.05, 4.69) is 35.6 Å². The van der Waals surface area contributed by atoms with Crippen LogP contribution in [0.4, 0.5) is 4.39 Å². The summed E-state index contributed by atoms with van der Waals surface area (Å²) in [6.45, 7) is 5.49. The number of nitrogens with zero attached hydrogens (tertiary/aromatic N) is 3. The third-order valence-electron chi connectivity index (χ3n) is 4.81. The van der Waals surface area contributed by atoms with Crippen molar-refractivity contribution in [1.29, 1.82) is 5.26 Å². The fraction of sp³-hybridized carbons (Fsp3) is 0.400. The largest absolute Gasteiger partial charge is 0.306 e. The maximum atomic E-state index is 13.0. The van der Waals surface area contributed by atoms with Gasteiger partial charge in [0.15, 0.2) is 0 Å². The predicted molar refractivity (Wildman–Crippen MR) is 95.5 cm³/mol. The molecule has 1 aromatic carbocycles. The molecular weight excluding hydrogens is 315 g/mol. The summed E-state index contributed by atoms with van der Waals surface area (Å²) < 4.78 is 14.9. The molecular formula is C20H23FN4. The second-order valence-corrected chi connectivity index (χ2v) is 6.56. The number of benzene rings is 1. The van der Waals surface area contributed by atoms with Crippen molar-refractivity contribution >= 4 is 0 Å². The van der Waals surface area contributed by atoms with Crippen LogP contribution in [0.15, 0.2) is 36.4 Å². The summed E-state index contributed by atoms with van der Waals surface area (Å²) in [6.07, 6.45) is 5.92. The first-order chi connectivity index (χ1) is 12.1. The van der Waals surface area contributed by atoms with Crippen LogP contribution in [-0.4, -0.2) is 15.8 Å². The van der Waals surface area contributed by atoms with E-state index in [1.807, 2.05) is 23.7 Å². The SMILES string of the molecule is Cc1nn(CCC#N)c(C)c1[C@@H]1C=C[C@@H](NCc2ccc(F)cc2)C1. The molecule has 0 unspecified atom stereocenters. The van der Waals surface area contributed by atoms with E-state index in [1.165, 1.54) is 17.7 Å². The molecule has 2 atom stereocenters. The van der Waals surface area contributed by atoms with Crippen molar-refractivity contribution in [3.05, 3.63) is 64.7 Å². The zero-order valence-corrected chi connectivity index (χ0v) is 14.7. The Balaban J connectivity index is 1.61. The van der Waals surface area contributed by atoms with Gasteiger partial charge in [0.25, 0.3) is 0 Å². The van der Waals surface area contributed by atoms with Crippen LogP contribution in [0, 0.1) is 31.0 Å². The molecule has 4 nitrogen and oxygen atoms in total. The molecule has 0 amide bonds. The van der Waals surface area contributed by atoms with Crippen molar-refractivity contribution < 1.29 is 4.39 Å². The minimum atomic E-state index is -0.205. The Bertz CT molecular complexity index is 798. The normalized spacial score (nSPS) is 19.3. The van der Waals surface area contributed by atoms with Crippen molar-refractivity contribution in [3.8, 4) is 6.07 Å². The van der Waals surface area contributed by atoms with Crippen LogP contribution in [0.3, 0.4) is 0 Å². The van der Waals surface area contributed by atoms with Gasteiger partial charge in [-0.25, -0.2) is 4.39 Å². The van der Waals surface area contributed by atoms with Gasteiger partial charge in [-0.1, -0.05) is 24.3 Å². The summed E-state index contributed by atoms with van der Waals surface area (Å²) in [4.78, 5) is 0. The molecule has 0 saturated heterocycles. The fourth-order valence-electron chi connectivity index (χ4n) is 3.54. The Kier molecular flexibility index (Phi) is 5.30. The average molecular weight is 338 g/mol. The number of halogens is 1. The first kappa shape index (κ1) is 17.4. The Morgan fingerprint density at radius 2 is 2.04 bits per heavy atom. The van der Waals surface area contributed by atoms with E-state index >= 15 is 0 Å². The highest BCUT2D eigenvalue weighted by molar-refractivity contribution is 5.35. The van der Waals surface area contributed by atoms with Gasteiger partial charge in [0.2, 0.25) is 0 Å². The minimum Gasteiger partial charge on any atom is -0.306 e. The van der Waals surface area contributed by atoms with Crippen molar-refractivity contribution in [1.82, 2.24) is 15.1 Å². The van der Waals surface area contributed by atoms with Gasteiger partial charge in [-0.15, -0.1) is 0 Å². The van der Waals surface area contributed by atoms with Gasteiger partial charge in [0.05, 0.1) is 24.7 Å². The zero-order chi connectivity index (χ0) is 17.8. The highest BCUT2D eigenvalue weighted by Crippen LogP contribution is 2.33. The first-order valence-corrected chi connectivity index (χ1v) is 8.65. The number of allylic oxidation sites excluding steroid dienone is 1. The Morgan fingerprint density at radius 1 is 1.28 bits per heavy atom. The molecule has 25 heavy (non-hydrogen) atoms. The lowest BCUT2D eigenvalue weighted by molar-refractivity contribution is 0.556. The Labute approximate surface area is 148 Å². The molecule has 0 fully saturated rings. The topological polar surface area (TPSA) is 53.6 Å². The zero-order valence-electron chi connectivity index (χ0n) is 14.7. The van der Waals surface area contributed by atoms with E-state index in [1.54, 1.807) is 0 Å². The molecule has 1 heterocycles. The van der Waals surface area contributed by atoms with Crippen molar-refractivity contribution in [2.45, 2.75) is 51.7 Å². The van der Waals surface area contributed by atoms with E-state index in [9.17, 15) is 4.39 Å². The second-order valence-electron chi connectivity index (χ2n) is 6.56. The van der Waals surface area contributed by atoms with Crippen molar-refractivity contribution in [2.75, 3.05) is 0 Å². The summed E-state index contributed by atoms with van der Waals surface area (Å²) >= 11 is 0. The van der Waals surface area contributed by atoms with E-state index < -0.39 is 0 Å². The molecule has 1 aromatic heterocycles. The molecule has 1 aliphatic carbocycles. The lowest BCUT2D eigenvalue weighted by Crippen LogP contribution is -2.25. The van der Waals surface area contributed by atoms with E-state index in [-0.39, 0.29) is 5.82 Å². The smallest absolute Gasteiger partial charge is 0.123 e. The second kappa shape index (κ2) is 7.62. The molecule has 1 aliphatic rings. The van der Waals surface area contributed by atoms with Gasteiger partial charge in [0, 0.05) is 29.8 Å². The van der Waals surface area contributed by atoms with E-state index in [0.717, 1.165) is 29.9 Å². The summed E-state index contributed by atoms with van der Waals surface area (Å²) in [6, 6.07) is 9.09. The molecule has 0 aliphatic heterocycles. The van der Waals surface area contributed by atoms with E-state index in [4.69, 9.17) is 5.26 Å². The molecule has 3 rings (SSSR count). The van der Waals surface area contributed by atoms with Gasteiger partial charge in [0.1, 0.15) is 5.82 Å². The molecule has 1 N–H and O–H groups in total. The summed E-state index contributed by atoms with van der Waals surface area (Å²) in [5, 5.41) is 16.9. The van der Waals surface area contributed by atoms with Crippen molar-refractivity contribution in [2.24, 2.45) is 0 Å². The lowest BCUT2D eigenvalue weighted by Gasteiger charge is -2.15. The van der Waals surface area contributed by atoms with Crippen LogP contribution in [-0.2, 0) is 13.1 Å². The molecule has 0 spiro atoms. The molecule has 0 saturated carbocycles. The maximum Gasteiger partial charge on any atom is 0.123 e. The molecule has 0 bridgehead atoms. The van der Waals surface area contributed by atoms with Crippen molar-refractivity contribution in [3.63, 3.8) is 0 Å². The molecule has 2 aromatic rings. The lowest BCUT2D eigenvalue weighted by atomic mass is 9.96. The molecule has 0 radical (unpaired) electrons. The number of aryl methyl sites for hydroxylation is 2. The standard InChI is InChI=1S/C20H23FN4/c1-14-20(15(2)25(24-14)11-3-10-22)17-6-9-19(12-17)23-13-16-4-7-18(21)8-5-16/h4-9,17,19,23H,3,11-13H2,1-2H3/t17-,19-/m1/s1. The quantitative estimate of drug-likeness (QED) is 0.816. The van der Waals surface area contributed by atoms with Gasteiger partial charge in [-0.05, 0) is 38.0 Å². The molecule has 5 heteroatoms. The van der Waals surface area contributed by atoms with Gasteiger partial charge < -0.3 is 5.32 Å². The van der Waals surface area contributed by atoms with Gasteiger partial charge in [-0.2, -0.15) is 10.4 Å². The van der Waals surface area contributed by atoms with Gasteiger partial charge >= 0.3 is 0 Å². The first-order valence-electron chi connectivity index (χ1n) is 8.65. The van der Waals surface area contributed by atoms with Crippen LogP contribution < -0.4 is 5.32 Å². The third kappa shape index (κ3) is 3.97. The van der Waals surface area contributed by atoms with Crippen LogP contribution >= 0.6 is 0 Å². The number of nitrogens with one attached hydrogen (secondary N) is 1. The summed E-state index contributed by atoms with van der Waals surface area (Å²) in [5.74, 6) is 0.144. The fourth-order valence-corrected chi connectivity index (χ4v) is 3.54. The maximum absolute atomic E-state index is 13.0. The monoisotopic (exact) mass is 338 g/mol.